The molecule has 2 aromatic rings. The summed E-state index contributed by atoms with van der Waals surface area (Å²) in [4.78, 5) is 22.4. The Bertz CT molecular complexity index is 729. The van der Waals surface area contributed by atoms with Crippen molar-refractivity contribution in [2.24, 2.45) is 0 Å². The molecule has 2 aromatic carbocycles. The maximum absolute atomic E-state index is 13.8. The lowest BCUT2D eigenvalue weighted by molar-refractivity contribution is 0.0600. The Balaban J connectivity index is 2.36. The summed E-state index contributed by atoms with van der Waals surface area (Å²) in [6.07, 6.45) is 0. The van der Waals surface area contributed by atoms with Gasteiger partial charge in [0.15, 0.2) is 11.6 Å². The predicted octanol–water partition coefficient (Wildman–Crippen LogP) is 3.19. The highest BCUT2D eigenvalue weighted by atomic mass is 19.2. The van der Waals surface area contributed by atoms with E-state index in [0.29, 0.717) is 5.69 Å². The molecule has 0 unspecified atom stereocenters. The van der Waals surface area contributed by atoms with Crippen molar-refractivity contribution in [2.75, 3.05) is 12.4 Å². The molecule has 0 fully saturated rings. The molecule has 0 aromatic heterocycles. The molecule has 0 bridgehead atoms. The summed E-state index contributed by atoms with van der Waals surface area (Å²) in [6, 6.07) is 7.36. The molecule has 0 spiro atoms. The quantitative estimate of drug-likeness (QED) is 0.848. The molecule has 0 aliphatic heterocycles. The number of carbonyl (C=O) groups is 2. The van der Waals surface area contributed by atoms with E-state index in [2.05, 4.69) is 10.1 Å². The number of hydrogen-bond acceptors (Lipinski definition) is 4. The Labute approximate surface area is 124 Å². The lowest BCUT2D eigenvalue weighted by Gasteiger charge is -2.11. The molecule has 2 rings (SSSR count). The number of benzene rings is 2. The summed E-state index contributed by atoms with van der Waals surface area (Å²) < 4.78 is 31.6. The van der Waals surface area contributed by atoms with Gasteiger partial charge in [0, 0.05) is 5.69 Å². The normalized spacial score (nSPS) is 10.1. The van der Waals surface area contributed by atoms with Gasteiger partial charge >= 0.3 is 11.9 Å². The number of esters is 1. The number of anilines is 2. The molecular formula is C15H11F2NO4. The number of hydrogen-bond donors (Lipinski definition) is 2. The van der Waals surface area contributed by atoms with Crippen LogP contribution in [0.4, 0.5) is 20.2 Å². The summed E-state index contributed by atoms with van der Waals surface area (Å²) in [5.74, 6) is -4.40. The Kier molecular flexibility index (Phi) is 4.36. The SMILES string of the molecule is COC(=O)c1ccc(Nc2c(C(=O)O)ccc(F)c2F)cc1. The van der Waals surface area contributed by atoms with E-state index in [4.69, 9.17) is 5.11 Å². The summed E-state index contributed by atoms with van der Waals surface area (Å²) in [5, 5.41) is 11.5. The first-order chi connectivity index (χ1) is 10.4. The first-order valence-electron chi connectivity index (χ1n) is 6.10. The van der Waals surface area contributed by atoms with E-state index in [0.717, 1.165) is 12.1 Å². The van der Waals surface area contributed by atoms with Crippen LogP contribution in [0.2, 0.25) is 0 Å². The fourth-order valence-corrected chi connectivity index (χ4v) is 1.80. The topological polar surface area (TPSA) is 75.6 Å². The third-order valence-corrected chi connectivity index (χ3v) is 2.90. The van der Waals surface area contributed by atoms with Gasteiger partial charge in [-0.15, -0.1) is 0 Å². The molecule has 5 nitrogen and oxygen atoms in total. The second kappa shape index (κ2) is 6.21. The number of rotatable bonds is 4. The molecule has 114 valence electrons. The molecule has 0 saturated heterocycles. The molecule has 0 saturated carbocycles. The minimum atomic E-state index is -1.40. The van der Waals surface area contributed by atoms with E-state index in [9.17, 15) is 18.4 Å². The van der Waals surface area contributed by atoms with Crippen LogP contribution >= 0.6 is 0 Å². The number of carboxylic acids is 1. The molecule has 22 heavy (non-hydrogen) atoms. The molecule has 2 N–H and O–H groups in total. The molecule has 0 atom stereocenters. The first kappa shape index (κ1) is 15.4. The summed E-state index contributed by atoms with van der Waals surface area (Å²) in [6.45, 7) is 0. The monoisotopic (exact) mass is 307 g/mol. The lowest BCUT2D eigenvalue weighted by Crippen LogP contribution is -2.07. The van der Waals surface area contributed by atoms with Gasteiger partial charge in [-0.1, -0.05) is 0 Å². The van der Waals surface area contributed by atoms with Gasteiger partial charge in [-0.2, -0.15) is 0 Å². The number of methoxy groups -OCH3 is 1. The largest absolute Gasteiger partial charge is 0.478 e. The van der Waals surface area contributed by atoms with Gasteiger partial charge in [0.1, 0.15) is 0 Å². The molecular weight excluding hydrogens is 296 g/mol. The van der Waals surface area contributed by atoms with Crippen molar-refractivity contribution >= 4 is 23.3 Å². The van der Waals surface area contributed by atoms with Crippen LogP contribution < -0.4 is 5.32 Å². The fraction of sp³-hybridized carbons (Fsp3) is 0.0667. The number of carbonyl (C=O) groups excluding carboxylic acids is 1. The van der Waals surface area contributed by atoms with Crippen LogP contribution in [0.1, 0.15) is 20.7 Å². The smallest absolute Gasteiger partial charge is 0.337 e. The van der Waals surface area contributed by atoms with Gasteiger partial charge in [-0.25, -0.2) is 18.4 Å². The van der Waals surface area contributed by atoms with Crippen molar-refractivity contribution < 1.29 is 28.2 Å². The lowest BCUT2D eigenvalue weighted by atomic mass is 10.1. The highest BCUT2D eigenvalue weighted by Crippen LogP contribution is 2.26. The number of ether oxygens (including phenoxy) is 1. The van der Waals surface area contributed by atoms with Crippen LogP contribution in [-0.4, -0.2) is 24.2 Å². The first-order valence-corrected chi connectivity index (χ1v) is 6.10. The maximum atomic E-state index is 13.8. The van der Waals surface area contributed by atoms with Crippen LogP contribution in [0, 0.1) is 11.6 Å². The van der Waals surface area contributed by atoms with E-state index in [1.165, 1.54) is 31.4 Å². The number of carboxylic acid groups (broad SMARTS) is 1. The van der Waals surface area contributed by atoms with Gasteiger partial charge in [-0.3, -0.25) is 0 Å². The van der Waals surface area contributed by atoms with E-state index in [1.807, 2.05) is 0 Å². The molecule has 0 aliphatic rings. The van der Waals surface area contributed by atoms with Crippen LogP contribution in [0.5, 0.6) is 0 Å². The van der Waals surface area contributed by atoms with Crippen LogP contribution in [0.3, 0.4) is 0 Å². The minimum absolute atomic E-state index is 0.270. The van der Waals surface area contributed by atoms with E-state index in [-0.39, 0.29) is 5.56 Å². The van der Waals surface area contributed by atoms with E-state index < -0.39 is 34.8 Å². The minimum Gasteiger partial charge on any atom is -0.478 e. The average molecular weight is 307 g/mol. The van der Waals surface area contributed by atoms with Crippen molar-refractivity contribution in [2.45, 2.75) is 0 Å². The van der Waals surface area contributed by atoms with Crippen LogP contribution in [-0.2, 0) is 4.74 Å². The highest BCUT2D eigenvalue weighted by molar-refractivity contribution is 5.95. The Morgan fingerprint density at radius 2 is 1.73 bits per heavy atom. The number of nitrogens with one attached hydrogen (secondary N) is 1. The van der Waals surface area contributed by atoms with Crippen molar-refractivity contribution in [1.29, 1.82) is 0 Å². The van der Waals surface area contributed by atoms with Crippen LogP contribution in [0.25, 0.3) is 0 Å². The van der Waals surface area contributed by atoms with Crippen molar-refractivity contribution in [3.63, 3.8) is 0 Å². The van der Waals surface area contributed by atoms with E-state index >= 15 is 0 Å². The third-order valence-electron chi connectivity index (χ3n) is 2.90. The molecule has 0 aliphatic carbocycles. The second-order valence-corrected chi connectivity index (χ2v) is 4.28. The van der Waals surface area contributed by atoms with Crippen LogP contribution in [0.15, 0.2) is 36.4 Å². The molecule has 0 radical (unpaired) electrons. The zero-order valence-corrected chi connectivity index (χ0v) is 11.4. The van der Waals surface area contributed by atoms with Crippen molar-refractivity contribution in [1.82, 2.24) is 0 Å². The van der Waals surface area contributed by atoms with Crippen molar-refractivity contribution in [3.05, 3.63) is 59.2 Å². The maximum Gasteiger partial charge on any atom is 0.337 e. The number of aromatic carboxylic acids is 1. The second-order valence-electron chi connectivity index (χ2n) is 4.28. The van der Waals surface area contributed by atoms with Gasteiger partial charge in [0.05, 0.1) is 23.9 Å². The summed E-state index contributed by atoms with van der Waals surface area (Å²) in [7, 11) is 1.23. The Hall–Kier alpha value is -2.96. The van der Waals surface area contributed by atoms with Gasteiger partial charge in [-0.05, 0) is 36.4 Å². The standard InChI is InChI=1S/C15H11F2NO4/c1-22-15(21)8-2-4-9(5-3-8)18-13-10(14(19)20)6-7-11(16)12(13)17/h2-7,18H,1H3,(H,19,20). The zero-order chi connectivity index (χ0) is 16.3. The summed E-state index contributed by atoms with van der Waals surface area (Å²) in [5.41, 5.74) is -0.333. The fourth-order valence-electron chi connectivity index (χ4n) is 1.80. The average Bonchev–Trinajstić information content (AvgIpc) is 2.51. The molecule has 0 amide bonds. The van der Waals surface area contributed by atoms with Gasteiger partial charge in [0.25, 0.3) is 0 Å². The summed E-state index contributed by atoms with van der Waals surface area (Å²) >= 11 is 0. The van der Waals surface area contributed by atoms with E-state index in [1.54, 1.807) is 0 Å². The van der Waals surface area contributed by atoms with Gasteiger partial charge < -0.3 is 15.2 Å². The third kappa shape index (κ3) is 3.03. The highest BCUT2D eigenvalue weighted by Gasteiger charge is 2.18. The molecule has 0 heterocycles. The zero-order valence-electron chi connectivity index (χ0n) is 11.4. The van der Waals surface area contributed by atoms with Gasteiger partial charge in [0.2, 0.25) is 0 Å². The molecule has 7 heteroatoms. The predicted molar refractivity (Wildman–Crippen MR) is 74.4 cm³/mol. The Morgan fingerprint density at radius 3 is 2.27 bits per heavy atom. The Morgan fingerprint density at radius 1 is 1.09 bits per heavy atom. The number of halogens is 2. The van der Waals surface area contributed by atoms with Crippen molar-refractivity contribution in [3.8, 4) is 0 Å².